The molecule has 0 saturated heterocycles. The summed E-state index contributed by atoms with van der Waals surface area (Å²) < 4.78 is 6.57. The van der Waals surface area contributed by atoms with E-state index in [0.29, 0.717) is 17.5 Å². The minimum absolute atomic E-state index is 0.103. The molecule has 0 aliphatic carbocycles. The number of hydrogen-bond acceptors (Lipinski definition) is 3. The molecular formula is C27H44O3. The molecule has 0 aromatic heterocycles. The molecule has 3 heteroatoms. The Morgan fingerprint density at radius 1 is 1.00 bits per heavy atom. The number of ether oxygens (including phenoxy) is 1. The molecule has 0 amide bonds. The number of fused-ring (bicyclic) bond motifs is 1. The molecule has 170 valence electrons. The zero-order valence-corrected chi connectivity index (χ0v) is 20.5. The minimum atomic E-state index is -0.103. The summed E-state index contributed by atoms with van der Waals surface area (Å²) in [7, 11) is 0. The third-order valence-electron chi connectivity index (χ3n) is 7.38. The van der Waals surface area contributed by atoms with Crippen LogP contribution in [0.4, 0.5) is 0 Å². The van der Waals surface area contributed by atoms with Gasteiger partial charge in [-0.15, -0.1) is 0 Å². The second-order valence-corrected chi connectivity index (χ2v) is 10.4. The average molecular weight is 417 g/mol. The highest BCUT2D eigenvalue weighted by atomic mass is 16.5. The average Bonchev–Trinajstić information content (AvgIpc) is 2.69. The molecule has 1 aromatic rings. The van der Waals surface area contributed by atoms with E-state index in [1.165, 1.54) is 37.7 Å². The van der Waals surface area contributed by atoms with Gasteiger partial charge in [-0.2, -0.15) is 0 Å². The first-order valence-electron chi connectivity index (χ1n) is 12.0. The molecule has 1 N–H and O–H groups in total. The van der Waals surface area contributed by atoms with Crippen LogP contribution in [0.5, 0.6) is 11.5 Å². The van der Waals surface area contributed by atoms with E-state index in [1.807, 2.05) is 13.8 Å². The van der Waals surface area contributed by atoms with Crippen molar-refractivity contribution in [3.8, 4) is 11.5 Å². The number of phenols is 1. The quantitative estimate of drug-likeness (QED) is 0.409. The lowest BCUT2D eigenvalue weighted by molar-refractivity contribution is -0.117. The fourth-order valence-electron chi connectivity index (χ4n) is 4.85. The molecule has 1 aliphatic heterocycles. The molecule has 30 heavy (non-hydrogen) atoms. The van der Waals surface area contributed by atoms with Crippen LogP contribution < -0.4 is 4.74 Å². The van der Waals surface area contributed by atoms with Gasteiger partial charge in [0.2, 0.25) is 0 Å². The van der Waals surface area contributed by atoms with Crippen LogP contribution in [0.15, 0.2) is 0 Å². The first-order valence-corrected chi connectivity index (χ1v) is 12.0. The number of rotatable bonds is 11. The molecule has 0 fully saturated rings. The molecule has 3 nitrogen and oxygen atoms in total. The van der Waals surface area contributed by atoms with Crippen molar-refractivity contribution >= 4 is 5.78 Å². The maximum atomic E-state index is 11.1. The van der Waals surface area contributed by atoms with Crippen LogP contribution in [-0.4, -0.2) is 16.5 Å². The van der Waals surface area contributed by atoms with Crippen molar-refractivity contribution < 1.29 is 14.6 Å². The molecule has 0 saturated carbocycles. The van der Waals surface area contributed by atoms with Crippen molar-refractivity contribution in [2.75, 3.05) is 0 Å². The van der Waals surface area contributed by atoms with Crippen LogP contribution in [-0.2, 0) is 11.2 Å². The van der Waals surface area contributed by atoms with Crippen molar-refractivity contribution in [2.45, 2.75) is 118 Å². The highest BCUT2D eigenvalue weighted by molar-refractivity contribution is 5.75. The standard InChI is InChI=1S/C27H44O3/c1-18(10-8-11-19(2)13-14-20(3)28)12-9-16-27(7)17-15-24-23(6)25(29)21(4)22(5)26(24)30-27/h18-19,29H,8-17H2,1-7H3/t18-,19+,27-/m1/s1. The summed E-state index contributed by atoms with van der Waals surface area (Å²) in [5.41, 5.74) is 4.11. The molecule has 2 rings (SSSR count). The van der Waals surface area contributed by atoms with E-state index >= 15 is 0 Å². The first-order chi connectivity index (χ1) is 14.0. The Kier molecular flexibility index (Phi) is 8.82. The van der Waals surface area contributed by atoms with Crippen LogP contribution >= 0.6 is 0 Å². The summed E-state index contributed by atoms with van der Waals surface area (Å²) in [6, 6.07) is 0. The summed E-state index contributed by atoms with van der Waals surface area (Å²) >= 11 is 0. The van der Waals surface area contributed by atoms with E-state index in [-0.39, 0.29) is 5.60 Å². The van der Waals surface area contributed by atoms with Crippen molar-refractivity contribution in [1.29, 1.82) is 0 Å². The number of ketones is 1. The Labute approximate surface area is 184 Å². The number of benzene rings is 1. The normalized spacial score (nSPS) is 20.4. The topological polar surface area (TPSA) is 46.5 Å². The fourth-order valence-corrected chi connectivity index (χ4v) is 4.85. The van der Waals surface area contributed by atoms with E-state index in [1.54, 1.807) is 6.92 Å². The van der Waals surface area contributed by atoms with Crippen molar-refractivity contribution in [1.82, 2.24) is 0 Å². The van der Waals surface area contributed by atoms with Gasteiger partial charge in [0, 0.05) is 12.0 Å². The molecule has 1 heterocycles. The summed E-state index contributed by atoms with van der Waals surface area (Å²) in [6.07, 6.45) is 11.1. The second kappa shape index (κ2) is 10.7. The fraction of sp³-hybridized carbons (Fsp3) is 0.741. The highest BCUT2D eigenvalue weighted by Gasteiger charge is 2.34. The molecule has 0 unspecified atom stereocenters. The first kappa shape index (κ1) is 24.8. The summed E-state index contributed by atoms with van der Waals surface area (Å²) in [5.74, 6) is 3.17. The summed E-state index contributed by atoms with van der Waals surface area (Å²) in [5, 5.41) is 10.4. The number of hydrogen-bond donors (Lipinski definition) is 1. The van der Waals surface area contributed by atoms with Gasteiger partial charge in [0.05, 0.1) is 0 Å². The lowest BCUT2D eigenvalue weighted by Crippen LogP contribution is -2.37. The van der Waals surface area contributed by atoms with Crippen LogP contribution in [0.1, 0.15) is 108 Å². The molecule has 1 aliphatic rings. The second-order valence-electron chi connectivity index (χ2n) is 10.4. The Morgan fingerprint density at radius 2 is 1.60 bits per heavy atom. The lowest BCUT2D eigenvalue weighted by Gasteiger charge is -2.38. The van der Waals surface area contributed by atoms with Crippen LogP contribution in [0.3, 0.4) is 0 Å². The van der Waals surface area contributed by atoms with Gasteiger partial charge in [0.1, 0.15) is 22.9 Å². The van der Waals surface area contributed by atoms with Gasteiger partial charge in [-0.3, -0.25) is 0 Å². The molecular weight excluding hydrogens is 372 g/mol. The third kappa shape index (κ3) is 6.49. The van der Waals surface area contributed by atoms with E-state index < -0.39 is 0 Å². The number of carbonyl (C=O) groups is 1. The Balaban J connectivity index is 1.78. The number of Topliss-reactive ketones (excluding diaryl/α,β-unsaturated/α-hetero) is 1. The maximum absolute atomic E-state index is 11.1. The van der Waals surface area contributed by atoms with Crippen LogP contribution in [0.2, 0.25) is 0 Å². The van der Waals surface area contributed by atoms with E-state index in [9.17, 15) is 9.90 Å². The van der Waals surface area contributed by atoms with Gasteiger partial charge >= 0.3 is 0 Å². The Bertz CT molecular complexity index is 736. The van der Waals surface area contributed by atoms with Gasteiger partial charge in [-0.25, -0.2) is 0 Å². The van der Waals surface area contributed by atoms with E-state index in [4.69, 9.17) is 4.74 Å². The number of phenolic OH excluding ortho intramolecular Hbond substituents is 1. The van der Waals surface area contributed by atoms with Crippen molar-refractivity contribution in [2.24, 2.45) is 11.8 Å². The zero-order chi connectivity index (χ0) is 22.5. The van der Waals surface area contributed by atoms with Gasteiger partial charge in [-0.1, -0.05) is 39.5 Å². The predicted octanol–water partition coefficient (Wildman–Crippen LogP) is 7.38. The SMILES string of the molecule is CC(=O)CC[C@@H](C)CCC[C@@H](C)CCC[C@]1(C)CCc2c(C)c(O)c(C)c(C)c2O1. The van der Waals surface area contributed by atoms with Gasteiger partial charge in [-0.05, 0) is 95.2 Å². The largest absolute Gasteiger partial charge is 0.507 e. The molecule has 0 spiro atoms. The number of aromatic hydroxyl groups is 1. The highest BCUT2D eigenvalue weighted by Crippen LogP contribution is 2.44. The molecule has 3 atom stereocenters. The Hall–Kier alpha value is -1.51. The van der Waals surface area contributed by atoms with Crippen LogP contribution in [0, 0.1) is 32.6 Å². The molecule has 0 radical (unpaired) electrons. The summed E-state index contributed by atoms with van der Waals surface area (Å²) in [4.78, 5) is 11.1. The zero-order valence-electron chi connectivity index (χ0n) is 20.5. The van der Waals surface area contributed by atoms with Crippen molar-refractivity contribution in [3.63, 3.8) is 0 Å². The maximum Gasteiger partial charge on any atom is 0.129 e. The monoisotopic (exact) mass is 416 g/mol. The lowest BCUT2D eigenvalue weighted by atomic mass is 9.84. The molecule has 1 aromatic carbocycles. The predicted molar refractivity (Wildman–Crippen MR) is 126 cm³/mol. The summed E-state index contributed by atoms with van der Waals surface area (Å²) in [6.45, 7) is 14.7. The minimum Gasteiger partial charge on any atom is -0.507 e. The third-order valence-corrected chi connectivity index (χ3v) is 7.38. The van der Waals surface area contributed by atoms with Crippen molar-refractivity contribution in [3.05, 3.63) is 22.3 Å². The Morgan fingerprint density at radius 3 is 2.23 bits per heavy atom. The van der Waals surface area contributed by atoms with E-state index in [0.717, 1.165) is 60.5 Å². The number of carbonyl (C=O) groups excluding carboxylic acids is 1. The smallest absolute Gasteiger partial charge is 0.129 e. The van der Waals surface area contributed by atoms with E-state index in [2.05, 4.69) is 27.7 Å². The van der Waals surface area contributed by atoms with Crippen LogP contribution in [0.25, 0.3) is 0 Å². The van der Waals surface area contributed by atoms with Gasteiger partial charge < -0.3 is 14.6 Å². The van der Waals surface area contributed by atoms with Gasteiger partial charge in [0.15, 0.2) is 0 Å². The molecule has 0 bridgehead atoms. The van der Waals surface area contributed by atoms with Gasteiger partial charge in [0.25, 0.3) is 0 Å².